The first kappa shape index (κ1) is 20.1. The number of rotatable bonds is 6. The number of Topliss-reactive ketones (excluding diaryl/α,β-unsaturated/α-hetero) is 1. The van der Waals surface area contributed by atoms with Gasteiger partial charge in [0.25, 0.3) is 5.91 Å². The van der Waals surface area contributed by atoms with Gasteiger partial charge in [0.05, 0.1) is 7.11 Å². The number of carbonyl (C=O) groups excluding carboxylic acids is 3. The third kappa shape index (κ3) is 3.82. The number of ketones is 1. The molecule has 1 unspecified atom stereocenters. The minimum Gasteiger partial charge on any atom is -0.497 e. The molecule has 0 radical (unpaired) electrons. The molecule has 1 aliphatic heterocycles. The summed E-state index contributed by atoms with van der Waals surface area (Å²) >= 11 is 0. The molecule has 2 aromatic carbocycles. The zero-order valence-corrected chi connectivity index (χ0v) is 17.1. The number of para-hydroxylation sites is 1. The zero-order chi connectivity index (χ0) is 21.1. The van der Waals surface area contributed by atoms with E-state index >= 15 is 0 Å². The number of urea groups is 1. The van der Waals surface area contributed by atoms with Gasteiger partial charge in [0.2, 0.25) is 0 Å². The van der Waals surface area contributed by atoms with Gasteiger partial charge < -0.3 is 4.74 Å². The number of nitrogens with zero attached hydrogens (tertiary/aromatic N) is 2. The van der Waals surface area contributed by atoms with E-state index in [2.05, 4.69) is 0 Å². The summed E-state index contributed by atoms with van der Waals surface area (Å²) in [6.45, 7) is 0. The van der Waals surface area contributed by atoms with Crippen LogP contribution >= 0.6 is 0 Å². The Morgan fingerprint density at radius 2 is 1.60 bits per heavy atom. The van der Waals surface area contributed by atoms with Crippen LogP contribution in [0.2, 0.25) is 0 Å². The highest BCUT2D eigenvalue weighted by molar-refractivity contribution is 6.16. The van der Waals surface area contributed by atoms with E-state index in [-0.39, 0.29) is 30.2 Å². The van der Waals surface area contributed by atoms with Crippen LogP contribution in [0.15, 0.2) is 54.6 Å². The van der Waals surface area contributed by atoms with Gasteiger partial charge in [0.15, 0.2) is 5.78 Å². The molecule has 1 aliphatic carbocycles. The number of benzene rings is 2. The van der Waals surface area contributed by atoms with Crippen LogP contribution in [-0.2, 0) is 4.79 Å². The van der Waals surface area contributed by atoms with Crippen molar-refractivity contribution in [1.29, 1.82) is 0 Å². The number of methoxy groups -OCH3 is 1. The molecule has 0 spiro atoms. The molecule has 6 heteroatoms. The lowest BCUT2D eigenvalue weighted by molar-refractivity contribution is -0.129. The van der Waals surface area contributed by atoms with Crippen LogP contribution < -0.4 is 9.64 Å². The molecule has 156 valence electrons. The number of anilines is 1. The predicted octanol–water partition coefficient (Wildman–Crippen LogP) is 4.44. The van der Waals surface area contributed by atoms with Crippen molar-refractivity contribution in [2.75, 3.05) is 12.0 Å². The smallest absolute Gasteiger partial charge is 0.332 e. The normalized spacial score (nSPS) is 20.0. The van der Waals surface area contributed by atoms with Gasteiger partial charge in [-0.2, -0.15) is 0 Å². The van der Waals surface area contributed by atoms with Crippen LogP contribution in [0.3, 0.4) is 0 Å². The Morgan fingerprint density at radius 3 is 2.23 bits per heavy atom. The van der Waals surface area contributed by atoms with Crippen molar-refractivity contribution in [3.63, 3.8) is 0 Å². The van der Waals surface area contributed by atoms with Gasteiger partial charge in [-0.1, -0.05) is 37.5 Å². The van der Waals surface area contributed by atoms with E-state index in [1.54, 1.807) is 43.5 Å². The molecular weight excluding hydrogens is 380 g/mol. The molecule has 2 aromatic rings. The highest BCUT2D eigenvalue weighted by Gasteiger charge is 2.49. The standard InChI is InChI=1S/C24H26N2O4/c1-30-20-14-12-17(13-15-20)22(27)16-21-23(28)26(19-10-6-3-7-11-19)24(29)25(21)18-8-4-2-5-9-18/h2,4-5,8-9,12-15,19,21H,3,6-7,10-11,16H2,1H3. The van der Waals surface area contributed by atoms with Crippen LogP contribution in [0.1, 0.15) is 48.9 Å². The fourth-order valence-electron chi connectivity index (χ4n) is 4.42. The molecule has 1 saturated heterocycles. The van der Waals surface area contributed by atoms with E-state index < -0.39 is 6.04 Å². The van der Waals surface area contributed by atoms with Crippen LogP contribution in [0.5, 0.6) is 5.75 Å². The van der Waals surface area contributed by atoms with Crippen LogP contribution in [0.4, 0.5) is 10.5 Å². The molecule has 1 heterocycles. The summed E-state index contributed by atoms with van der Waals surface area (Å²) in [5, 5.41) is 0. The monoisotopic (exact) mass is 406 g/mol. The van der Waals surface area contributed by atoms with E-state index in [1.165, 1.54) is 9.80 Å². The quantitative estimate of drug-likeness (QED) is 0.525. The Labute approximate surface area is 176 Å². The molecule has 3 amide bonds. The van der Waals surface area contributed by atoms with Crippen LogP contribution in [-0.4, -0.2) is 41.8 Å². The molecular formula is C24H26N2O4. The van der Waals surface area contributed by atoms with Crippen molar-refractivity contribution in [3.05, 3.63) is 60.2 Å². The summed E-state index contributed by atoms with van der Waals surface area (Å²) in [5.74, 6) is 0.223. The second kappa shape index (κ2) is 8.69. The largest absolute Gasteiger partial charge is 0.497 e. The second-order valence-electron chi connectivity index (χ2n) is 7.86. The van der Waals surface area contributed by atoms with Gasteiger partial charge in [0.1, 0.15) is 11.8 Å². The molecule has 30 heavy (non-hydrogen) atoms. The summed E-state index contributed by atoms with van der Waals surface area (Å²) in [6, 6.07) is 14.7. The van der Waals surface area contributed by atoms with Crippen molar-refractivity contribution in [1.82, 2.24) is 4.90 Å². The van der Waals surface area contributed by atoms with Gasteiger partial charge in [-0.3, -0.25) is 19.4 Å². The lowest BCUT2D eigenvalue weighted by Crippen LogP contribution is -2.42. The molecule has 0 aromatic heterocycles. The average Bonchev–Trinajstić information content (AvgIpc) is 3.04. The Kier molecular flexibility index (Phi) is 5.84. The lowest BCUT2D eigenvalue weighted by atomic mass is 9.94. The summed E-state index contributed by atoms with van der Waals surface area (Å²) in [4.78, 5) is 42.6. The second-order valence-corrected chi connectivity index (χ2v) is 7.86. The highest BCUT2D eigenvalue weighted by atomic mass is 16.5. The van der Waals surface area contributed by atoms with Crippen molar-refractivity contribution in [2.24, 2.45) is 0 Å². The van der Waals surface area contributed by atoms with Gasteiger partial charge in [-0.15, -0.1) is 0 Å². The number of ether oxygens (including phenoxy) is 1. The summed E-state index contributed by atoms with van der Waals surface area (Å²) < 4.78 is 5.14. The number of hydrogen-bond donors (Lipinski definition) is 0. The Hall–Kier alpha value is -3.15. The van der Waals surface area contributed by atoms with Gasteiger partial charge in [0, 0.05) is 23.7 Å². The fourth-order valence-corrected chi connectivity index (χ4v) is 4.42. The summed E-state index contributed by atoms with van der Waals surface area (Å²) in [7, 11) is 1.57. The molecule has 2 aliphatic rings. The lowest BCUT2D eigenvalue weighted by Gasteiger charge is -2.29. The van der Waals surface area contributed by atoms with E-state index in [0.717, 1.165) is 32.1 Å². The van der Waals surface area contributed by atoms with Gasteiger partial charge >= 0.3 is 6.03 Å². The maximum atomic E-state index is 13.4. The first-order valence-electron chi connectivity index (χ1n) is 10.5. The Morgan fingerprint density at radius 1 is 0.933 bits per heavy atom. The Bertz CT molecular complexity index is 920. The van der Waals surface area contributed by atoms with Gasteiger partial charge in [-0.05, 0) is 49.2 Å². The third-order valence-electron chi connectivity index (χ3n) is 6.01. The minimum absolute atomic E-state index is 0.0466. The molecule has 6 nitrogen and oxygen atoms in total. The molecule has 0 N–H and O–H groups in total. The van der Waals surface area contributed by atoms with Gasteiger partial charge in [-0.25, -0.2) is 4.79 Å². The number of imide groups is 1. The first-order chi connectivity index (χ1) is 14.6. The van der Waals surface area contributed by atoms with Crippen molar-refractivity contribution in [3.8, 4) is 5.75 Å². The number of carbonyl (C=O) groups is 3. The van der Waals surface area contributed by atoms with E-state index in [0.29, 0.717) is 17.0 Å². The summed E-state index contributed by atoms with van der Waals surface area (Å²) in [5.41, 5.74) is 1.14. The van der Waals surface area contributed by atoms with Crippen molar-refractivity contribution >= 4 is 23.4 Å². The minimum atomic E-state index is -0.823. The predicted molar refractivity (Wildman–Crippen MR) is 114 cm³/mol. The maximum Gasteiger partial charge on any atom is 0.332 e. The molecule has 1 atom stereocenters. The zero-order valence-electron chi connectivity index (χ0n) is 17.1. The van der Waals surface area contributed by atoms with Crippen LogP contribution in [0, 0.1) is 0 Å². The molecule has 2 fully saturated rings. The Balaban J connectivity index is 1.62. The molecule has 0 bridgehead atoms. The van der Waals surface area contributed by atoms with E-state index in [1.807, 2.05) is 18.2 Å². The third-order valence-corrected chi connectivity index (χ3v) is 6.01. The number of hydrogen-bond acceptors (Lipinski definition) is 4. The van der Waals surface area contributed by atoms with Crippen LogP contribution in [0.25, 0.3) is 0 Å². The first-order valence-corrected chi connectivity index (χ1v) is 10.5. The van der Waals surface area contributed by atoms with Crippen molar-refractivity contribution < 1.29 is 19.1 Å². The molecule has 4 rings (SSSR count). The number of amides is 3. The van der Waals surface area contributed by atoms with E-state index in [9.17, 15) is 14.4 Å². The fraction of sp³-hybridized carbons (Fsp3) is 0.375. The summed E-state index contributed by atoms with van der Waals surface area (Å²) in [6.07, 6.45) is 4.78. The van der Waals surface area contributed by atoms with Crippen molar-refractivity contribution in [2.45, 2.75) is 50.6 Å². The SMILES string of the molecule is COc1ccc(C(=O)CC2C(=O)N(C3CCCCC3)C(=O)N2c2ccccc2)cc1. The topological polar surface area (TPSA) is 66.9 Å². The average molecular weight is 406 g/mol. The maximum absolute atomic E-state index is 13.4. The highest BCUT2D eigenvalue weighted by Crippen LogP contribution is 2.33. The van der Waals surface area contributed by atoms with E-state index in [4.69, 9.17) is 4.74 Å². The molecule has 1 saturated carbocycles.